The van der Waals surface area contributed by atoms with Crippen molar-refractivity contribution in [1.82, 2.24) is 9.78 Å². The van der Waals surface area contributed by atoms with Crippen molar-refractivity contribution in [2.75, 3.05) is 11.1 Å². The largest absolute Gasteiger partial charge is 0.397 e. The van der Waals surface area contributed by atoms with E-state index in [2.05, 4.69) is 10.4 Å². The van der Waals surface area contributed by atoms with E-state index >= 15 is 0 Å². The van der Waals surface area contributed by atoms with E-state index in [-0.39, 0.29) is 10.9 Å². The SMILES string of the molecule is CC(Cn1cccn1)Nc1ccc(S(N)(=O)=O)cc1N. The maximum Gasteiger partial charge on any atom is 0.238 e. The minimum Gasteiger partial charge on any atom is -0.397 e. The van der Waals surface area contributed by atoms with Gasteiger partial charge in [-0.15, -0.1) is 0 Å². The highest BCUT2D eigenvalue weighted by molar-refractivity contribution is 7.89. The summed E-state index contributed by atoms with van der Waals surface area (Å²) in [5, 5.41) is 12.4. The highest BCUT2D eigenvalue weighted by Crippen LogP contribution is 2.22. The average molecular weight is 295 g/mol. The van der Waals surface area contributed by atoms with Crippen LogP contribution in [-0.4, -0.2) is 24.2 Å². The standard InChI is InChI=1S/C12H17N5O2S/c1-9(8-17-6-2-5-15-17)16-12-4-3-10(7-11(12)13)20(14,18)19/h2-7,9,16H,8,13H2,1H3,(H2,14,18,19). The molecule has 1 aromatic carbocycles. The van der Waals surface area contributed by atoms with Gasteiger partial charge in [0, 0.05) is 18.4 Å². The van der Waals surface area contributed by atoms with E-state index in [0.29, 0.717) is 17.9 Å². The van der Waals surface area contributed by atoms with Crippen LogP contribution in [0.1, 0.15) is 6.92 Å². The number of benzene rings is 1. The third-order valence-corrected chi connectivity index (χ3v) is 3.68. The molecule has 8 heteroatoms. The van der Waals surface area contributed by atoms with Crippen molar-refractivity contribution in [1.29, 1.82) is 0 Å². The minimum atomic E-state index is -3.73. The molecule has 7 nitrogen and oxygen atoms in total. The number of anilines is 2. The molecule has 0 radical (unpaired) electrons. The van der Waals surface area contributed by atoms with E-state index < -0.39 is 10.0 Å². The van der Waals surface area contributed by atoms with Gasteiger partial charge in [0.15, 0.2) is 0 Å². The fourth-order valence-electron chi connectivity index (χ4n) is 1.85. The molecule has 20 heavy (non-hydrogen) atoms. The number of nitrogens with two attached hydrogens (primary N) is 2. The summed E-state index contributed by atoms with van der Waals surface area (Å²) in [4.78, 5) is 0.000259. The van der Waals surface area contributed by atoms with E-state index in [4.69, 9.17) is 10.9 Å². The first-order valence-electron chi connectivity index (χ1n) is 6.02. The van der Waals surface area contributed by atoms with Gasteiger partial charge < -0.3 is 11.1 Å². The van der Waals surface area contributed by atoms with Crippen LogP contribution in [-0.2, 0) is 16.6 Å². The van der Waals surface area contributed by atoms with Crippen molar-refractivity contribution < 1.29 is 8.42 Å². The summed E-state index contributed by atoms with van der Waals surface area (Å²) in [5.74, 6) is 0. The summed E-state index contributed by atoms with van der Waals surface area (Å²) < 4.78 is 24.2. The third kappa shape index (κ3) is 3.49. The van der Waals surface area contributed by atoms with Gasteiger partial charge in [0.2, 0.25) is 10.0 Å². The summed E-state index contributed by atoms with van der Waals surface area (Å²) in [5.41, 5.74) is 6.84. The van der Waals surface area contributed by atoms with Crippen LogP contribution < -0.4 is 16.2 Å². The number of rotatable bonds is 5. The third-order valence-electron chi connectivity index (χ3n) is 2.77. The van der Waals surface area contributed by atoms with Crippen molar-refractivity contribution in [3.63, 3.8) is 0 Å². The molecule has 0 fully saturated rings. The molecule has 0 aliphatic rings. The van der Waals surface area contributed by atoms with Gasteiger partial charge in [-0.05, 0) is 31.2 Å². The zero-order valence-corrected chi connectivity index (χ0v) is 11.8. The summed E-state index contributed by atoms with van der Waals surface area (Å²) in [6, 6.07) is 6.31. The first-order valence-corrected chi connectivity index (χ1v) is 7.57. The van der Waals surface area contributed by atoms with Crippen LogP contribution in [0, 0.1) is 0 Å². The maximum absolute atomic E-state index is 11.2. The van der Waals surface area contributed by atoms with Gasteiger partial charge in [0.25, 0.3) is 0 Å². The minimum absolute atomic E-state index is 0.000259. The number of nitrogens with one attached hydrogen (secondary N) is 1. The van der Waals surface area contributed by atoms with E-state index in [1.807, 2.05) is 19.2 Å². The number of sulfonamides is 1. The number of hydrogen-bond donors (Lipinski definition) is 3. The van der Waals surface area contributed by atoms with E-state index in [9.17, 15) is 8.42 Å². The zero-order valence-electron chi connectivity index (χ0n) is 11.0. The van der Waals surface area contributed by atoms with Gasteiger partial charge in [0.1, 0.15) is 0 Å². The predicted molar refractivity (Wildman–Crippen MR) is 77.5 cm³/mol. The number of aromatic nitrogens is 2. The first kappa shape index (κ1) is 14.4. The molecule has 0 aliphatic heterocycles. The Morgan fingerprint density at radius 3 is 2.75 bits per heavy atom. The van der Waals surface area contributed by atoms with Crippen molar-refractivity contribution in [2.45, 2.75) is 24.4 Å². The molecule has 108 valence electrons. The summed E-state index contributed by atoms with van der Waals surface area (Å²) >= 11 is 0. The summed E-state index contributed by atoms with van der Waals surface area (Å²) in [6.45, 7) is 2.65. The van der Waals surface area contributed by atoms with E-state index in [0.717, 1.165) is 0 Å². The molecule has 2 rings (SSSR count). The van der Waals surface area contributed by atoms with Crippen molar-refractivity contribution in [3.8, 4) is 0 Å². The van der Waals surface area contributed by atoms with Gasteiger partial charge in [-0.3, -0.25) is 4.68 Å². The second-order valence-corrected chi connectivity index (χ2v) is 6.13. The molecule has 0 saturated heterocycles. The molecule has 0 spiro atoms. The molecule has 1 aromatic heterocycles. The first-order chi connectivity index (χ1) is 9.36. The Bertz CT molecular complexity index is 682. The fourth-order valence-corrected chi connectivity index (χ4v) is 2.40. The van der Waals surface area contributed by atoms with Gasteiger partial charge >= 0.3 is 0 Å². The van der Waals surface area contributed by atoms with Crippen molar-refractivity contribution in [2.24, 2.45) is 5.14 Å². The van der Waals surface area contributed by atoms with Gasteiger partial charge in [-0.1, -0.05) is 0 Å². The zero-order chi connectivity index (χ0) is 14.8. The van der Waals surface area contributed by atoms with Crippen LogP contribution in [0.15, 0.2) is 41.6 Å². The Labute approximate surface area is 117 Å². The molecule has 5 N–H and O–H groups in total. The average Bonchev–Trinajstić information content (AvgIpc) is 2.83. The quantitative estimate of drug-likeness (QED) is 0.699. The normalized spacial score (nSPS) is 13.1. The maximum atomic E-state index is 11.2. The smallest absolute Gasteiger partial charge is 0.238 e. The molecule has 1 heterocycles. The lowest BCUT2D eigenvalue weighted by Crippen LogP contribution is -2.23. The fraction of sp³-hybridized carbons (Fsp3) is 0.250. The summed E-state index contributed by atoms with van der Waals surface area (Å²) in [7, 11) is -3.73. The molecule has 1 atom stereocenters. The number of primary sulfonamides is 1. The van der Waals surface area contributed by atoms with Gasteiger partial charge in [0.05, 0.1) is 22.8 Å². The lowest BCUT2D eigenvalue weighted by atomic mass is 10.2. The van der Waals surface area contributed by atoms with Gasteiger partial charge in [-0.2, -0.15) is 5.10 Å². The Morgan fingerprint density at radius 2 is 2.20 bits per heavy atom. The number of nitrogen functional groups attached to an aromatic ring is 1. The Kier molecular flexibility index (Phi) is 3.96. The molecule has 0 amide bonds. The van der Waals surface area contributed by atoms with Crippen LogP contribution in [0.4, 0.5) is 11.4 Å². The molecule has 1 unspecified atom stereocenters. The van der Waals surface area contributed by atoms with Gasteiger partial charge in [-0.25, -0.2) is 13.6 Å². The Morgan fingerprint density at radius 1 is 1.45 bits per heavy atom. The number of nitrogens with zero attached hydrogens (tertiary/aromatic N) is 2. The molecular weight excluding hydrogens is 278 g/mol. The second-order valence-electron chi connectivity index (χ2n) is 4.57. The van der Waals surface area contributed by atoms with E-state index in [1.54, 1.807) is 16.9 Å². The van der Waals surface area contributed by atoms with Crippen molar-refractivity contribution in [3.05, 3.63) is 36.7 Å². The molecule has 0 bridgehead atoms. The molecule has 0 saturated carbocycles. The lowest BCUT2D eigenvalue weighted by molar-refractivity contribution is 0.561. The van der Waals surface area contributed by atoms with Crippen molar-refractivity contribution >= 4 is 21.4 Å². The van der Waals surface area contributed by atoms with Crippen LogP contribution in [0.2, 0.25) is 0 Å². The Balaban J connectivity index is 2.10. The van der Waals surface area contributed by atoms with Crippen LogP contribution >= 0.6 is 0 Å². The molecular formula is C12H17N5O2S. The predicted octanol–water partition coefficient (Wildman–Crippen LogP) is 0.613. The second kappa shape index (κ2) is 5.51. The lowest BCUT2D eigenvalue weighted by Gasteiger charge is -2.17. The van der Waals surface area contributed by atoms with Crippen LogP contribution in [0.5, 0.6) is 0 Å². The highest BCUT2D eigenvalue weighted by Gasteiger charge is 2.11. The number of hydrogen-bond acceptors (Lipinski definition) is 5. The Hall–Kier alpha value is -2.06. The topological polar surface area (TPSA) is 116 Å². The van der Waals surface area contributed by atoms with E-state index in [1.165, 1.54) is 12.1 Å². The molecule has 0 aliphatic carbocycles. The molecule has 2 aromatic rings. The summed E-state index contributed by atoms with van der Waals surface area (Å²) in [6.07, 6.45) is 3.58. The van der Waals surface area contributed by atoms with Crippen LogP contribution in [0.25, 0.3) is 0 Å². The highest BCUT2D eigenvalue weighted by atomic mass is 32.2. The monoisotopic (exact) mass is 295 g/mol. The van der Waals surface area contributed by atoms with Crippen LogP contribution in [0.3, 0.4) is 0 Å².